The summed E-state index contributed by atoms with van der Waals surface area (Å²) in [6.45, 7) is 4.13. The van der Waals surface area contributed by atoms with E-state index in [9.17, 15) is 0 Å². The van der Waals surface area contributed by atoms with Crippen molar-refractivity contribution >= 4 is 0 Å². The first-order valence-corrected chi connectivity index (χ1v) is 4.51. The van der Waals surface area contributed by atoms with Crippen LogP contribution in [0.1, 0.15) is 25.5 Å². The Morgan fingerprint density at radius 1 is 1.21 bits per heavy atom. The van der Waals surface area contributed by atoms with Gasteiger partial charge < -0.3 is 4.52 Å². The quantitative estimate of drug-likeness (QED) is 0.727. The van der Waals surface area contributed by atoms with Crippen LogP contribution in [0.5, 0.6) is 0 Å². The molecular formula is C10H11N3O. The lowest BCUT2D eigenvalue weighted by molar-refractivity contribution is 0.417. The average Bonchev–Trinajstić information content (AvgIpc) is 2.68. The van der Waals surface area contributed by atoms with Crippen molar-refractivity contribution in [2.24, 2.45) is 0 Å². The molecule has 14 heavy (non-hydrogen) atoms. The van der Waals surface area contributed by atoms with E-state index in [4.69, 9.17) is 4.52 Å². The monoisotopic (exact) mass is 189 g/mol. The van der Waals surface area contributed by atoms with E-state index in [0.29, 0.717) is 17.5 Å². The second kappa shape index (κ2) is 3.57. The summed E-state index contributed by atoms with van der Waals surface area (Å²) in [6.07, 6.45) is 3.36. The molecule has 4 nitrogen and oxygen atoms in total. The van der Waals surface area contributed by atoms with Crippen molar-refractivity contribution in [3.8, 4) is 11.6 Å². The van der Waals surface area contributed by atoms with Gasteiger partial charge in [0.05, 0.1) is 5.69 Å². The molecule has 0 bridgehead atoms. The van der Waals surface area contributed by atoms with Crippen LogP contribution in [0.3, 0.4) is 0 Å². The minimum absolute atomic E-state index is 0.358. The molecule has 0 aliphatic carbocycles. The molecule has 2 rings (SSSR count). The van der Waals surface area contributed by atoms with E-state index in [1.807, 2.05) is 6.07 Å². The fraction of sp³-hybridized carbons (Fsp3) is 0.300. The number of rotatable bonds is 2. The van der Waals surface area contributed by atoms with E-state index in [2.05, 4.69) is 29.0 Å². The largest absolute Gasteiger partial charge is 0.353 e. The maximum absolute atomic E-state index is 5.14. The molecule has 72 valence electrons. The summed E-state index contributed by atoms with van der Waals surface area (Å²) in [4.78, 5) is 8.15. The average molecular weight is 189 g/mol. The van der Waals surface area contributed by atoms with E-state index < -0.39 is 0 Å². The molecule has 0 aromatic carbocycles. The van der Waals surface area contributed by atoms with Crippen LogP contribution in [0.4, 0.5) is 0 Å². The normalized spacial score (nSPS) is 10.8. The van der Waals surface area contributed by atoms with Crippen molar-refractivity contribution in [3.05, 3.63) is 30.2 Å². The van der Waals surface area contributed by atoms with Gasteiger partial charge in [0.2, 0.25) is 5.76 Å². The standard InChI is InChI=1S/C10H11N3O/c1-7(2)8-6-9(14-13-8)10-11-4-3-5-12-10/h3-7H,1-2H3. The first-order valence-electron chi connectivity index (χ1n) is 4.51. The molecule has 0 radical (unpaired) electrons. The second-order valence-corrected chi connectivity index (χ2v) is 3.34. The summed E-state index contributed by atoms with van der Waals surface area (Å²) in [6, 6.07) is 3.64. The molecule has 0 aliphatic heterocycles. The fourth-order valence-corrected chi connectivity index (χ4v) is 1.09. The van der Waals surface area contributed by atoms with Crippen LogP contribution in [0.15, 0.2) is 29.0 Å². The van der Waals surface area contributed by atoms with E-state index >= 15 is 0 Å². The molecule has 0 spiro atoms. The maximum atomic E-state index is 5.14. The van der Waals surface area contributed by atoms with Crippen molar-refractivity contribution < 1.29 is 4.52 Å². The van der Waals surface area contributed by atoms with Gasteiger partial charge in [-0.25, -0.2) is 9.97 Å². The van der Waals surface area contributed by atoms with E-state index in [-0.39, 0.29) is 0 Å². The molecule has 0 N–H and O–H groups in total. The van der Waals surface area contributed by atoms with Gasteiger partial charge in [-0.3, -0.25) is 0 Å². The highest BCUT2D eigenvalue weighted by Crippen LogP contribution is 2.19. The van der Waals surface area contributed by atoms with Gasteiger partial charge in [-0.15, -0.1) is 0 Å². The van der Waals surface area contributed by atoms with Crippen molar-refractivity contribution in [1.82, 2.24) is 15.1 Å². The summed E-state index contributed by atoms with van der Waals surface area (Å²) >= 11 is 0. The van der Waals surface area contributed by atoms with Crippen LogP contribution >= 0.6 is 0 Å². The topological polar surface area (TPSA) is 51.8 Å². The van der Waals surface area contributed by atoms with Crippen LogP contribution < -0.4 is 0 Å². The van der Waals surface area contributed by atoms with Crippen molar-refractivity contribution in [2.45, 2.75) is 19.8 Å². The van der Waals surface area contributed by atoms with Gasteiger partial charge in [0.1, 0.15) is 0 Å². The van der Waals surface area contributed by atoms with Crippen LogP contribution in [-0.4, -0.2) is 15.1 Å². The van der Waals surface area contributed by atoms with Gasteiger partial charge in [-0.2, -0.15) is 0 Å². The van der Waals surface area contributed by atoms with Gasteiger partial charge in [0.25, 0.3) is 0 Å². The molecule has 0 amide bonds. The van der Waals surface area contributed by atoms with Gasteiger partial charge >= 0.3 is 0 Å². The Kier molecular flexibility index (Phi) is 2.26. The predicted octanol–water partition coefficient (Wildman–Crippen LogP) is 2.25. The van der Waals surface area contributed by atoms with Gasteiger partial charge in [0, 0.05) is 18.5 Å². The number of hydrogen-bond donors (Lipinski definition) is 0. The lowest BCUT2D eigenvalue weighted by Gasteiger charge is -1.93. The molecule has 0 aliphatic rings. The molecule has 4 heteroatoms. The molecule has 2 aromatic heterocycles. The maximum Gasteiger partial charge on any atom is 0.204 e. The fourth-order valence-electron chi connectivity index (χ4n) is 1.09. The summed E-state index contributed by atoms with van der Waals surface area (Å²) in [7, 11) is 0. The Balaban J connectivity index is 2.34. The van der Waals surface area contributed by atoms with E-state index in [1.165, 1.54) is 0 Å². The molecule has 0 unspecified atom stereocenters. The third-order valence-electron chi connectivity index (χ3n) is 1.91. The molecule has 2 heterocycles. The van der Waals surface area contributed by atoms with Gasteiger partial charge in [-0.1, -0.05) is 19.0 Å². The third kappa shape index (κ3) is 1.64. The highest BCUT2D eigenvalue weighted by Gasteiger charge is 2.10. The molecule has 0 atom stereocenters. The van der Waals surface area contributed by atoms with Gasteiger partial charge in [0.15, 0.2) is 5.82 Å². The van der Waals surface area contributed by atoms with E-state index in [0.717, 1.165) is 5.69 Å². The summed E-state index contributed by atoms with van der Waals surface area (Å²) in [5.74, 6) is 1.55. The summed E-state index contributed by atoms with van der Waals surface area (Å²) < 4.78 is 5.14. The minimum atomic E-state index is 0.358. The lowest BCUT2D eigenvalue weighted by atomic mass is 10.1. The Labute approximate surface area is 82.0 Å². The van der Waals surface area contributed by atoms with E-state index in [1.54, 1.807) is 18.5 Å². The Morgan fingerprint density at radius 2 is 1.93 bits per heavy atom. The van der Waals surface area contributed by atoms with Gasteiger partial charge in [-0.05, 0) is 12.0 Å². The van der Waals surface area contributed by atoms with Crippen LogP contribution in [0, 0.1) is 0 Å². The smallest absolute Gasteiger partial charge is 0.204 e. The highest BCUT2D eigenvalue weighted by molar-refractivity contribution is 5.46. The molecule has 0 saturated carbocycles. The van der Waals surface area contributed by atoms with Crippen molar-refractivity contribution in [3.63, 3.8) is 0 Å². The number of aromatic nitrogens is 3. The Bertz CT molecular complexity index is 408. The molecule has 2 aromatic rings. The predicted molar refractivity (Wildman–Crippen MR) is 51.6 cm³/mol. The zero-order valence-corrected chi connectivity index (χ0v) is 8.14. The third-order valence-corrected chi connectivity index (χ3v) is 1.91. The minimum Gasteiger partial charge on any atom is -0.353 e. The van der Waals surface area contributed by atoms with Crippen molar-refractivity contribution in [2.75, 3.05) is 0 Å². The number of hydrogen-bond acceptors (Lipinski definition) is 4. The molecule has 0 saturated heterocycles. The molecular weight excluding hydrogens is 178 g/mol. The SMILES string of the molecule is CC(C)c1cc(-c2ncccn2)on1. The molecule has 0 fully saturated rings. The first kappa shape index (κ1) is 8.87. The number of nitrogens with zero attached hydrogens (tertiary/aromatic N) is 3. The zero-order chi connectivity index (χ0) is 9.97. The van der Waals surface area contributed by atoms with Crippen molar-refractivity contribution in [1.29, 1.82) is 0 Å². The van der Waals surface area contributed by atoms with Crippen LogP contribution in [-0.2, 0) is 0 Å². The highest BCUT2D eigenvalue weighted by atomic mass is 16.5. The zero-order valence-electron chi connectivity index (χ0n) is 8.14. The summed E-state index contributed by atoms with van der Waals surface area (Å²) in [5.41, 5.74) is 0.924. The lowest BCUT2D eigenvalue weighted by Crippen LogP contribution is -1.85. The Hall–Kier alpha value is -1.71. The van der Waals surface area contributed by atoms with Crippen LogP contribution in [0.25, 0.3) is 11.6 Å². The van der Waals surface area contributed by atoms with Crippen LogP contribution in [0.2, 0.25) is 0 Å². The summed E-state index contributed by atoms with van der Waals surface area (Å²) in [5, 5.41) is 3.94. The Morgan fingerprint density at radius 3 is 2.50 bits per heavy atom. The second-order valence-electron chi connectivity index (χ2n) is 3.34. The first-order chi connectivity index (χ1) is 6.77.